The van der Waals surface area contributed by atoms with E-state index in [0.717, 1.165) is 4.68 Å². The molecule has 4 aromatic rings. The summed E-state index contributed by atoms with van der Waals surface area (Å²) < 4.78 is 56.8. The van der Waals surface area contributed by atoms with E-state index in [4.69, 9.17) is 46.3 Å². The van der Waals surface area contributed by atoms with E-state index < -0.39 is 69.1 Å². The molecule has 25 heteroatoms. The number of thiol groups is 1. The number of nitrogens with zero attached hydrogens (tertiary/aromatic N) is 8. The Hall–Kier alpha value is -2.69. The minimum absolute atomic E-state index is 0.00124. The lowest BCUT2D eigenvalue weighted by Crippen LogP contribution is -2.29. The lowest BCUT2D eigenvalue weighted by Gasteiger charge is -2.25. The fourth-order valence-corrected chi connectivity index (χ4v) is 6.85. The maximum absolute atomic E-state index is 15.0. The average molecular weight is 696 g/mol. The zero-order chi connectivity index (χ0) is 31.4. The maximum atomic E-state index is 15.0. The van der Waals surface area contributed by atoms with E-state index in [-0.39, 0.29) is 35.9 Å². The van der Waals surface area contributed by atoms with Gasteiger partial charge in [0, 0.05) is 18.4 Å². The van der Waals surface area contributed by atoms with Crippen LogP contribution in [0.15, 0.2) is 17.3 Å². The van der Waals surface area contributed by atoms with E-state index in [0.29, 0.717) is 11.2 Å². The molecule has 2 fully saturated rings. The number of aromatic amines is 1. The molecule has 20 nitrogen and oxygen atoms in total. The summed E-state index contributed by atoms with van der Waals surface area (Å²) >= 11 is 8.69. The maximum Gasteiger partial charge on any atom is 0.383 e. The molecule has 2 aliphatic heterocycles. The third-order valence-corrected chi connectivity index (χ3v) is 9.19. The van der Waals surface area contributed by atoms with E-state index >= 15 is 0 Å². The molecule has 0 aromatic carbocycles. The number of halogens is 1. The van der Waals surface area contributed by atoms with Crippen LogP contribution >= 0.6 is 25.8 Å². The Morgan fingerprint density at radius 3 is 2.73 bits per heavy atom. The van der Waals surface area contributed by atoms with E-state index in [1.54, 1.807) is 0 Å². The average Bonchev–Trinajstić information content (AvgIpc) is 3.71. The van der Waals surface area contributed by atoms with Crippen molar-refractivity contribution in [2.75, 3.05) is 24.7 Å². The molecular formula is C19H24FN11O9P2S2. The van der Waals surface area contributed by atoms with Crippen LogP contribution in [0, 0.1) is 0 Å². The van der Waals surface area contributed by atoms with E-state index in [1.165, 1.54) is 17.0 Å². The van der Waals surface area contributed by atoms with Crippen molar-refractivity contribution in [3.05, 3.63) is 28.4 Å². The quantitative estimate of drug-likeness (QED) is 0.0936. The van der Waals surface area contributed by atoms with Gasteiger partial charge in [0.1, 0.15) is 24.7 Å². The topological polar surface area (TPSA) is 275 Å². The first kappa shape index (κ1) is 31.3. The van der Waals surface area contributed by atoms with Gasteiger partial charge in [0.25, 0.3) is 5.56 Å². The first-order valence-electron chi connectivity index (χ1n) is 12.6. The molecule has 0 radical (unpaired) electrons. The highest BCUT2D eigenvalue weighted by atomic mass is 32.7. The molecule has 3 unspecified atom stereocenters. The minimum atomic E-state index is -4.21. The number of alkyl halides is 1. The van der Waals surface area contributed by atoms with Crippen molar-refractivity contribution < 1.29 is 41.8 Å². The molecule has 0 amide bonds. The molecule has 6 rings (SSSR count). The number of nitrogens with two attached hydrogens (primary N) is 2. The third-order valence-electron chi connectivity index (χ3n) is 6.77. The number of nitrogen functional groups attached to an aromatic ring is 2. The van der Waals surface area contributed by atoms with Gasteiger partial charge in [0.2, 0.25) is 11.9 Å². The number of nitrogens with one attached hydrogen (secondary N) is 1. The van der Waals surface area contributed by atoms with Crippen molar-refractivity contribution >= 4 is 66.3 Å². The van der Waals surface area contributed by atoms with Crippen LogP contribution < -0.4 is 17.0 Å². The van der Waals surface area contributed by atoms with Gasteiger partial charge in [0.05, 0.1) is 31.6 Å². The van der Waals surface area contributed by atoms with Gasteiger partial charge in [-0.1, -0.05) is 17.5 Å². The Balaban J connectivity index is 1.13. The fourth-order valence-electron chi connectivity index (χ4n) is 4.83. The van der Waals surface area contributed by atoms with Crippen molar-refractivity contribution in [2.24, 2.45) is 0 Å². The first-order chi connectivity index (χ1) is 20.8. The standard InChI is InChI=1S/C19H24FN11O9P2S2/c20-8-1-13(30-16-14(28-29-30)17(32)27-18(21)26-16)39-11(8)4-37-42(35,44)40-10-2-9(38-12(10)5-36-41(33,34)43)7-3-25-31-15(7)23-6-24-19(31)22/h3,6,8-13H,1-2,4-5H2,(H,35,44)(H2,22,23,24)(H2,33,34,43)(H3,21,26,27,32)/t8-,9-,10?,11-,12-,13-,42?/m1/s1. The predicted molar refractivity (Wildman–Crippen MR) is 153 cm³/mol. The molecule has 2 saturated heterocycles. The highest BCUT2D eigenvalue weighted by Gasteiger charge is 2.44. The van der Waals surface area contributed by atoms with Crippen molar-refractivity contribution in [1.82, 2.24) is 44.5 Å². The number of hydrogen-bond acceptors (Lipinski definition) is 16. The summed E-state index contributed by atoms with van der Waals surface area (Å²) in [6.07, 6.45) is -4.03. The lowest BCUT2D eigenvalue weighted by atomic mass is 10.1. The number of aromatic nitrogens is 9. The molecule has 0 aliphatic carbocycles. The Morgan fingerprint density at radius 2 is 1.95 bits per heavy atom. The molecule has 6 heterocycles. The Morgan fingerprint density at radius 1 is 1.18 bits per heavy atom. The van der Waals surface area contributed by atoms with Gasteiger partial charge in [-0.3, -0.25) is 14.3 Å². The van der Waals surface area contributed by atoms with Gasteiger partial charge in [-0.25, -0.2) is 18.9 Å². The smallest absolute Gasteiger partial charge is 0.369 e. The molecular weight excluding hydrogens is 671 g/mol. The summed E-state index contributed by atoms with van der Waals surface area (Å²) in [4.78, 5) is 46.8. The number of hydrogen-bond donors (Lipinski definition) is 6. The molecule has 44 heavy (non-hydrogen) atoms. The molecule has 0 spiro atoms. The molecule has 7 N–H and O–H groups in total. The zero-order valence-corrected chi connectivity index (χ0v) is 25.6. The molecule has 4 aromatic heterocycles. The Bertz CT molecular complexity index is 1860. The van der Waals surface area contributed by atoms with Gasteiger partial charge in [-0.05, 0) is 11.8 Å². The molecule has 238 valence electrons. The largest absolute Gasteiger partial charge is 0.383 e. The van der Waals surface area contributed by atoms with Crippen LogP contribution in [-0.4, -0.2) is 92.0 Å². The third kappa shape index (κ3) is 6.49. The van der Waals surface area contributed by atoms with Gasteiger partial charge in [-0.2, -0.15) is 19.3 Å². The van der Waals surface area contributed by atoms with Gasteiger partial charge in [-0.15, -0.1) is 5.10 Å². The summed E-state index contributed by atoms with van der Waals surface area (Å²) in [6, 6.07) is 0. The van der Waals surface area contributed by atoms with Crippen LogP contribution in [0.3, 0.4) is 0 Å². The van der Waals surface area contributed by atoms with Gasteiger partial charge in [0.15, 0.2) is 23.0 Å². The molecule has 0 bridgehead atoms. The van der Waals surface area contributed by atoms with Crippen LogP contribution in [0.1, 0.15) is 30.7 Å². The van der Waals surface area contributed by atoms with Crippen LogP contribution in [0.5, 0.6) is 0 Å². The van der Waals surface area contributed by atoms with Gasteiger partial charge >= 0.3 is 13.5 Å². The van der Waals surface area contributed by atoms with Crippen molar-refractivity contribution in [3.63, 3.8) is 0 Å². The van der Waals surface area contributed by atoms with E-state index in [2.05, 4.69) is 47.6 Å². The van der Waals surface area contributed by atoms with Crippen LogP contribution in [0.4, 0.5) is 16.3 Å². The highest BCUT2D eigenvalue weighted by Crippen LogP contribution is 2.52. The zero-order valence-electron chi connectivity index (χ0n) is 22.1. The summed E-state index contributed by atoms with van der Waals surface area (Å²) in [7, 11) is 0. The monoisotopic (exact) mass is 695 g/mol. The van der Waals surface area contributed by atoms with Crippen molar-refractivity contribution in [3.8, 4) is 0 Å². The first-order valence-corrected chi connectivity index (χ1v) is 18.0. The van der Waals surface area contributed by atoms with Crippen LogP contribution in [0.2, 0.25) is 0 Å². The van der Waals surface area contributed by atoms with E-state index in [1.807, 2.05) is 0 Å². The normalized spacial score (nSPS) is 28.5. The lowest BCUT2D eigenvalue weighted by molar-refractivity contribution is -0.0407. The fraction of sp³-hybridized carbons (Fsp3) is 0.526. The van der Waals surface area contributed by atoms with Crippen LogP contribution in [0.25, 0.3) is 16.8 Å². The molecule has 2 aliphatic rings. The second kappa shape index (κ2) is 11.9. The number of fused-ring (bicyclic) bond motifs is 2. The second-order valence-corrected chi connectivity index (χ2v) is 15.2. The summed E-state index contributed by atoms with van der Waals surface area (Å²) in [5, 5.41) is 11.7. The number of anilines is 2. The summed E-state index contributed by atoms with van der Waals surface area (Å²) in [5.41, 5.74) is 11.5. The number of ether oxygens (including phenoxy) is 2. The number of rotatable bonds is 10. The highest BCUT2D eigenvalue weighted by molar-refractivity contribution is 8.44. The number of H-pyrrole nitrogens is 1. The SMILES string of the molecule is Nc1nc2c(nnn2[C@H]2C[C@@H](F)[C@@H](COP(O)(=S)OC3C[C@H](c4cnn5c(N)ncnc45)O[C@@H]3COP(=O)(O)S)O2)c(=O)[nH]1. The Labute approximate surface area is 255 Å². The molecule has 8 atom stereocenters. The van der Waals surface area contributed by atoms with Crippen molar-refractivity contribution in [1.29, 1.82) is 0 Å². The second-order valence-electron chi connectivity index (χ2n) is 9.70. The predicted octanol–water partition coefficient (Wildman–Crippen LogP) is -0.0621. The van der Waals surface area contributed by atoms with Crippen LogP contribution in [-0.2, 0) is 39.4 Å². The minimum Gasteiger partial charge on any atom is -0.369 e. The summed E-state index contributed by atoms with van der Waals surface area (Å²) in [5.74, 6) is -0.105. The van der Waals surface area contributed by atoms with Crippen molar-refractivity contribution in [2.45, 2.75) is 49.7 Å². The van der Waals surface area contributed by atoms with Gasteiger partial charge < -0.3 is 39.8 Å². The Kier molecular flexibility index (Phi) is 8.47. The van der Waals surface area contributed by atoms with E-state index in [9.17, 15) is 23.5 Å². The molecule has 0 saturated carbocycles. The summed E-state index contributed by atoms with van der Waals surface area (Å²) in [6.45, 7) is -9.27.